The molecule has 0 unspecified atom stereocenters. The second-order valence-electron chi connectivity index (χ2n) is 5.80. The van der Waals surface area contributed by atoms with E-state index in [1.54, 1.807) is 19.1 Å². The first-order valence-corrected chi connectivity index (χ1v) is 8.15. The number of nitrogens with one attached hydrogen (secondary N) is 1. The van der Waals surface area contributed by atoms with Crippen LogP contribution in [0.2, 0.25) is 0 Å². The lowest BCUT2D eigenvalue weighted by molar-refractivity contribution is -0.152. The molecule has 126 valence electrons. The predicted octanol–water partition coefficient (Wildman–Crippen LogP) is 3.95. The van der Waals surface area contributed by atoms with Crippen LogP contribution in [0.1, 0.15) is 12.5 Å². The third-order valence-corrected chi connectivity index (χ3v) is 3.93. The van der Waals surface area contributed by atoms with E-state index in [0.717, 1.165) is 16.3 Å². The summed E-state index contributed by atoms with van der Waals surface area (Å²) < 4.78 is 5.29. The van der Waals surface area contributed by atoms with Crippen molar-refractivity contribution in [3.05, 3.63) is 78.4 Å². The molecule has 1 amide bonds. The molecule has 4 nitrogen and oxygen atoms in total. The van der Waals surface area contributed by atoms with E-state index in [2.05, 4.69) is 5.32 Å². The van der Waals surface area contributed by atoms with Crippen molar-refractivity contribution < 1.29 is 14.3 Å². The summed E-state index contributed by atoms with van der Waals surface area (Å²) in [5.41, 5.74) is 1.56. The Morgan fingerprint density at radius 2 is 1.60 bits per heavy atom. The second-order valence-corrected chi connectivity index (χ2v) is 5.80. The van der Waals surface area contributed by atoms with Crippen LogP contribution in [0.25, 0.3) is 10.8 Å². The third kappa shape index (κ3) is 4.23. The van der Waals surface area contributed by atoms with Gasteiger partial charge in [0.15, 0.2) is 6.10 Å². The molecule has 3 rings (SSSR count). The number of benzene rings is 3. The molecule has 25 heavy (non-hydrogen) atoms. The van der Waals surface area contributed by atoms with Crippen molar-refractivity contribution in [2.45, 2.75) is 19.4 Å². The first-order valence-electron chi connectivity index (χ1n) is 8.15. The average Bonchev–Trinajstić information content (AvgIpc) is 2.63. The average molecular weight is 333 g/mol. The van der Waals surface area contributed by atoms with Gasteiger partial charge in [0.05, 0.1) is 6.42 Å². The molecule has 0 aromatic heterocycles. The molecule has 0 aliphatic heterocycles. The minimum atomic E-state index is -0.859. The summed E-state index contributed by atoms with van der Waals surface area (Å²) in [7, 11) is 0. The van der Waals surface area contributed by atoms with Crippen LogP contribution in [0.3, 0.4) is 0 Å². The second kappa shape index (κ2) is 7.62. The lowest BCUT2D eigenvalue weighted by atomic mass is 10.0. The van der Waals surface area contributed by atoms with Crippen molar-refractivity contribution in [1.29, 1.82) is 0 Å². The smallest absolute Gasteiger partial charge is 0.311 e. The SMILES string of the molecule is C[C@H](OC(=O)Cc1cccc2ccccc12)C(=O)Nc1ccccc1. The highest BCUT2D eigenvalue weighted by Gasteiger charge is 2.18. The Bertz CT molecular complexity index is 885. The summed E-state index contributed by atoms with van der Waals surface area (Å²) in [4.78, 5) is 24.3. The number of amides is 1. The van der Waals surface area contributed by atoms with Crippen LogP contribution >= 0.6 is 0 Å². The zero-order chi connectivity index (χ0) is 17.6. The van der Waals surface area contributed by atoms with Gasteiger partial charge in [-0.25, -0.2) is 0 Å². The highest BCUT2D eigenvalue weighted by atomic mass is 16.5. The fourth-order valence-electron chi connectivity index (χ4n) is 2.66. The van der Waals surface area contributed by atoms with E-state index < -0.39 is 12.1 Å². The first-order chi connectivity index (χ1) is 12.1. The maximum Gasteiger partial charge on any atom is 0.311 e. The summed E-state index contributed by atoms with van der Waals surface area (Å²) in [6.45, 7) is 1.57. The number of ether oxygens (including phenoxy) is 1. The number of carbonyl (C=O) groups excluding carboxylic acids is 2. The summed E-state index contributed by atoms with van der Waals surface area (Å²) in [6, 6.07) is 22.8. The molecule has 0 saturated carbocycles. The Morgan fingerprint density at radius 3 is 2.40 bits per heavy atom. The molecule has 0 spiro atoms. The third-order valence-electron chi connectivity index (χ3n) is 3.93. The van der Waals surface area contributed by atoms with E-state index in [0.29, 0.717) is 5.69 Å². The molecule has 0 heterocycles. The van der Waals surface area contributed by atoms with Gasteiger partial charge in [-0.1, -0.05) is 60.7 Å². The van der Waals surface area contributed by atoms with Gasteiger partial charge >= 0.3 is 5.97 Å². The van der Waals surface area contributed by atoms with E-state index in [9.17, 15) is 9.59 Å². The van der Waals surface area contributed by atoms with Gasteiger partial charge in [0.1, 0.15) is 0 Å². The Labute approximate surface area is 146 Å². The Balaban J connectivity index is 1.62. The summed E-state index contributed by atoms with van der Waals surface area (Å²) in [5, 5.41) is 4.81. The standard InChI is InChI=1S/C21H19NO3/c1-15(21(24)22-18-11-3-2-4-12-18)25-20(23)14-17-10-7-9-16-8-5-6-13-19(16)17/h2-13,15H,14H2,1H3,(H,22,24)/t15-/m0/s1. The summed E-state index contributed by atoms with van der Waals surface area (Å²) in [6.07, 6.45) is -0.729. The Hall–Kier alpha value is -3.14. The van der Waals surface area contributed by atoms with Gasteiger partial charge in [0.25, 0.3) is 5.91 Å². The molecule has 0 bridgehead atoms. The first kappa shape index (κ1) is 16.7. The maximum atomic E-state index is 12.2. The lowest BCUT2D eigenvalue weighted by Crippen LogP contribution is -2.30. The van der Waals surface area contributed by atoms with Crippen LogP contribution in [0.15, 0.2) is 72.8 Å². The fraction of sp³-hybridized carbons (Fsp3) is 0.143. The van der Waals surface area contributed by atoms with Gasteiger partial charge < -0.3 is 10.1 Å². The summed E-state index contributed by atoms with van der Waals surface area (Å²) in [5.74, 6) is -0.774. The van der Waals surface area contributed by atoms with E-state index in [1.165, 1.54) is 0 Å². The molecular weight excluding hydrogens is 314 g/mol. The van der Waals surface area contributed by atoms with Crippen molar-refractivity contribution in [2.24, 2.45) is 0 Å². The van der Waals surface area contributed by atoms with Gasteiger partial charge in [0, 0.05) is 5.69 Å². The molecular formula is C21H19NO3. The van der Waals surface area contributed by atoms with Gasteiger partial charge in [-0.2, -0.15) is 0 Å². The van der Waals surface area contributed by atoms with Crippen molar-refractivity contribution in [3.63, 3.8) is 0 Å². The van der Waals surface area contributed by atoms with Crippen LogP contribution in [0, 0.1) is 0 Å². The van der Waals surface area contributed by atoms with Crippen molar-refractivity contribution in [1.82, 2.24) is 0 Å². The lowest BCUT2D eigenvalue weighted by Gasteiger charge is -2.14. The fourth-order valence-corrected chi connectivity index (χ4v) is 2.66. The minimum absolute atomic E-state index is 0.129. The molecule has 0 aliphatic rings. The number of hydrogen-bond donors (Lipinski definition) is 1. The monoisotopic (exact) mass is 333 g/mol. The summed E-state index contributed by atoms with van der Waals surface area (Å²) >= 11 is 0. The maximum absolute atomic E-state index is 12.2. The van der Waals surface area contributed by atoms with E-state index >= 15 is 0 Å². The number of carbonyl (C=O) groups is 2. The molecule has 3 aromatic carbocycles. The molecule has 4 heteroatoms. The number of fused-ring (bicyclic) bond motifs is 1. The van der Waals surface area contributed by atoms with Gasteiger partial charge in [-0.05, 0) is 35.4 Å². The van der Waals surface area contributed by atoms with Crippen LogP contribution in [-0.2, 0) is 20.7 Å². The molecule has 1 N–H and O–H groups in total. The molecule has 0 radical (unpaired) electrons. The van der Waals surface area contributed by atoms with E-state index in [4.69, 9.17) is 4.74 Å². The van der Waals surface area contributed by atoms with E-state index in [-0.39, 0.29) is 12.3 Å². The van der Waals surface area contributed by atoms with Crippen molar-refractivity contribution in [3.8, 4) is 0 Å². The molecule has 0 saturated heterocycles. The zero-order valence-corrected chi connectivity index (χ0v) is 13.9. The van der Waals surface area contributed by atoms with Crippen LogP contribution in [0.4, 0.5) is 5.69 Å². The topological polar surface area (TPSA) is 55.4 Å². The number of anilines is 1. The Morgan fingerprint density at radius 1 is 0.920 bits per heavy atom. The highest BCUT2D eigenvalue weighted by Crippen LogP contribution is 2.19. The van der Waals surface area contributed by atoms with Crippen molar-refractivity contribution in [2.75, 3.05) is 5.32 Å². The molecule has 1 atom stereocenters. The van der Waals surface area contributed by atoms with E-state index in [1.807, 2.05) is 60.7 Å². The zero-order valence-electron chi connectivity index (χ0n) is 13.9. The normalized spacial score (nSPS) is 11.7. The quantitative estimate of drug-likeness (QED) is 0.719. The number of para-hydroxylation sites is 1. The van der Waals surface area contributed by atoms with Gasteiger partial charge in [-0.3, -0.25) is 9.59 Å². The number of rotatable bonds is 5. The van der Waals surface area contributed by atoms with Gasteiger partial charge in [0.2, 0.25) is 0 Å². The highest BCUT2D eigenvalue weighted by molar-refractivity contribution is 5.95. The largest absolute Gasteiger partial charge is 0.452 e. The van der Waals surface area contributed by atoms with Crippen LogP contribution in [-0.4, -0.2) is 18.0 Å². The Kier molecular flexibility index (Phi) is 5.09. The minimum Gasteiger partial charge on any atom is -0.452 e. The van der Waals surface area contributed by atoms with Crippen molar-refractivity contribution >= 4 is 28.3 Å². The number of esters is 1. The van der Waals surface area contributed by atoms with Crippen LogP contribution in [0.5, 0.6) is 0 Å². The molecule has 0 aliphatic carbocycles. The van der Waals surface area contributed by atoms with Gasteiger partial charge in [-0.15, -0.1) is 0 Å². The molecule has 0 fully saturated rings. The predicted molar refractivity (Wildman–Crippen MR) is 98.3 cm³/mol. The molecule has 3 aromatic rings. The van der Waals surface area contributed by atoms with Crippen LogP contribution < -0.4 is 5.32 Å². The number of hydrogen-bond acceptors (Lipinski definition) is 3.